The number of amides is 1. The summed E-state index contributed by atoms with van der Waals surface area (Å²) >= 11 is 0.0520. The van der Waals surface area contributed by atoms with Gasteiger partial charge in [0.15, 0.2) is 32.0 Å². The first-order chi connectivity index (χ1) is 31.3. The number of nitrogens with zero attached hydrogens (tertiary/aromatic N) is 6. The second-order valence-corrected chi connectivity index (χ2v) is 22.6. The summed E-state index contributed by atoms with van der Waals surface area (Å²) in [5, 5.41) is 36.4. The molecular weight excluding hydrogens is 1060 g/mol. The Morgan fingerprint density at radius 1 is 0.588 bits per heavy atom. The predicted octanol–water partition coefficient (Wildman–Crippen LogP) is 4.16. The van der Waals surface area contributed by atoms with Gasteiger partial charge in [-0.05, 0) is 60.7 Å². The van der Waals surface area contributed by atoms with Crippen LogP contribution in [0.2, 0.25) is 0 Å². The van der Waals surface area contributed by atoms with E-state index in [0.29, 0.717) is 18.2 Å². The Hall–Kier alpha value is -5.56. The number of nitrogens with one attached hydrogen (secondary N) is 1. The van der Waals surface area contributed by atoms with Crippen LogP contribution in [0, 0.1) is 0 Å². The van der Waals surface area contributed by atoms with E-state index < -0.39 is 161 Å². The lowest BCUT2D eigenvalue weighted by Crippen LogP contribution is -2.16. The zero-order chi connectivity index (χ0) is 51.0. The van der Waals surface area contributed by atoms with Crippen molar-refractivity contribution in [2.45, 2.75) is 31.4 Å². The van der Waals surface area contributed by atoms with Gasteiger partial charge in [-0.3, -0.25) is 27.2 Å². The second kappa shape index (κ2) is 21.8. The Kier molecular flexibility index (Phi) is 17.7. The molecule has 31 nitrogen and oxygen atoms in total. The zero-order valence-corrected chi connectivity index (χ0v) is 39.2. The Balaban J connectivity index is 1.92. The molecule has 0 fully saturated rings. The topological polar surface area (TPSA) is 498 Å². The van der Waals surface area contributed by atoms with E-state index in [9.17, 15) is 69.0 Å². The van der Waals surface area contributed by atoms with Gasteiger partial charge in [-0.25, -0.2) is 26.3 Å². The minimum Gasteiger partial charge on any atom is -0.395 e. The number of hydrogen-bond donors (Lipinski definition) is 8. The number of hydrogen-bond acceptors (Lipinski definition) is 27. The predicted molar refractivity (Wildman–Crippen MR) is 231 cm³/mol. The van der Waals surface area contributed by atoms with Crippen molar-refractivity contribution in [3.63, 3.8) is 0 Å². The van der Waals surface area contributed by atoms with E-state index in [-0.39, 0.29) is 18.0 Å². The molecule has 0 atom stereocenters. The molecule has 1 amide bonds. The second-order valence-electron chi connectivity index (χ2n) is 12.7. The molecule has 0 saturated carbocycles. The summed E-state index contributed by atoms with van der Waals surface area (Å²) in [6.45, 7) is -0.601. The van der Waals surface area contributed by atoms with Gasteiger partial charge in [-0.15, -0.1) is 35.0 Å². The van der Waals surface area contributed by atoms with Crippen molar-refractivity contribution < 1.29 is 96.5 Å². The summed E-state index contributed by atoms with van der Waals surface area (Å²) < 4.78 is 199. The van der Waals surface area contributed by atoms with Crippen LogP contribution in [0.3, 0.4) is 0 Å². The first-order valence-corrected chi connectivity index (χ1v) is 26.9. The summed E-state index contributed by atoms with van der Waals surface area (Å²) in [5.41, 5.74) is 7.17. The monoisotopic (exact) mass is 1090 g/mol. The molecule has 0 radical (unpaired) electrons. The molecule has 4 aromatic carbocycles. The van der Waals surface area contributed by atoms with Crippen molar-refractivity contribution in [3.8, 4) is 0 Å². The SMILES string of the molecule is CC(=O)Nc1ccc(/N=N/c2cc(/N=N/c3ccc(S(=O)(=O)CCOSOOO)cc3S(=O)(=O)O)c(N)c(/N=N/c3ccc(S(=O)(=O)CCOS(=O)(=O)O)cc3S(=O)(=O)O)c2N)c(S(=O)(=O)O)c1. The van der Waals surface area contributed by atoms with Gasteiger partial charge in [0.2, 0.25) is 5.91 Å². The van der Waals surface area contributed by atoms with Gasteiger partial charge in [0.25, 0.3) is 30.4 Å². The standard InChI is InChI=1S/C30H31N9O22S7/c1-16(40)33-17-2-5-20(25(12-17)65(46,47)48)34-37-23-15-24(38-35-21-6-3-18(13-26(21)66(49,50)51)63(42,43)10-8-58-62-61-60-41)29(32)30(28(23)31)39-36-22-7-4-19(14-27(22)67(52,53)54)64(44,45)11-9-59-68(55,56)57/h2-7,12-15,41H,8-11,31-32H2,1H3,(H,33,40)(H,46,47,48)(H,49,50,51)(H,52,53,54)(H,55,56,57)/b37-34+,38-35+,39-36+. The molecule has 0 aromatic heterocycles. The van der Waals surface area contributed by atoms with Gasteiger partial charge < -0.3 is 16.8 Å². The summed E-state index contributed by atoms with van der Waals surface area (Å²) in [7, 11) is -29.8. The number of azo groups is 3. The van der Waals surface area contributed by atoms with E-state index in [0.717, 1.165) is 49.4 Å². The van der Waals surface area contributed by atoms with Gasteiger partial charge >= 0.3 is 10.4 Å². The smallest absolute Gasteiger partial charge is 0.395 e. The molecule has 4 aromatic rings. The molecule has 0 bridgehead atoms. The number of anilines is 3. The summed E-state index contributed by atoms with van der Waals surface area (Å²) in [4.78, 5) is 6.81. The van der Waals surface area contributed by atoms with Crippen LogP contribution in [0.5, 0.6) is 0 Å². The highest BCUT2D eigenvalue weighted by Gasteiger charge is 2.26. The molecule has 370 valence electrons. The highest BCUT2D eigenvalue weighted by molar-refractivity contribution is 7.92. The molecule has 0 spiro atoms. The number of sulfone groups is 2. The van der Waals surface area contributed by atoms with E-state index in [1.807, 2.05) is 0 Å². The minimum atomic E-state index is -5.38. The third-order valence-corrected chi connectivity index (χ3v) is 14.8. The largest absolute Gasteiger partial charge is 0.397 e. The van der Waals surface area contributed by atoms with Gasteiger partial charge in [0.05, 0.1) is 45.9 Å². The van der Waals surface area contributed by atoms with E-state index >= 15 is 0 Å². The molecule has 38 heteroatoms. The number of benzene rings is 4. The molecular formula is C30H31N9O22S7. The molecule has 0 aliphatic rings. The maximum Gasteiger partial charge on any atom is 0.397 e. The van der Waals surface area contributed by atoms with Gasteiger partial charge in [-0.1, -0.05) is 5.04 Å². The quantitative estimate of drug-likeness (QED) is 0.0104. The number of nitrogen functional groups attached to an aromatic ring is 2. The van der Waals surface area contributed by atoms with Crippen LogP contribution in [0.15, 0.2) is 116 Å². The fourth-order valence-corrected chi connectivity index (χ4v) is 10.0. The lowest BCUT2D eigenvalue weighted by Gasteiger charge is -2.11. The van der Waals surface area contributed by atoms with Crippen molar-refractivity contribution in [3.05, 3.63) is 60.7 Å². The Morgan fingerprint density at radius 2 is 1.00 bits per heavy atom. The molecule has 0 aliphatic carbocycles. The molecule has 4 rings (SSSR count). The normalized spacial score (nSPS) is 13.2. The lowest BCUT2D eigenvalue weighted by atomic mass is 10.2. The van der Waals surface area contributed by atoms with Gasteiger partial charge in [0.1, 0.15) is 48.8 Å². The summed E-state index contributed by atoms with van der Waals surface area (Å²) in [5.74, 6) is -2.55. The number of nitrogens with two attached hydrogens (primary N) is 2. The molecule has 10 N–H and O–H groups in total. The Morgan fingerprint density at radius 3 is 1.43 bits per heavy atom. The van der Waals surface area contributed by atoms with E-state index in [1.165, 1.54) is 0 Å². The molecule has 0 unspecified atom stereocenters. The molecule has 0 aliphatic heterocycles. The third-order valence-electron chi connectivity index (χ3n) is 7.94. The number of carbonyl (C=O) groups excluding carboxylic acids is 1. The van der Waals surface area contributed by atoms with Crippen molar-refractivity contribution in [1.29, 1.82) is 0 Å². The van der Waals surface area contributed by atoms with E-state index in [1.54, 1.807) is 0 Å². The third kappa shape index (κ3) is 15.2. The summed E-state index contributed by atoms with van der Waals surface area (Å²) in [6.07, 6.45) is 0. The highest BCUT2D eigenvalue weighted by atomic mass is 32.3. The minimum absolute atomic E-state index is 0.0520. The van der Waals surface area contributed by atoms with Crippen molar-refractivity contribution in [2.24, 2.45) is 30.7 Å². The fraction of sp³-hybridized carbons (Fsp3) is 0.167. The van der Waals surface area contributed by atoms with Crippen LogP contribution < -0.4 is 16.8 Å². The van der Waals surface area contributed by atoms with Crippen LogP contribution in [-0.4, -0.2) is 105 Å². The van der Waals surface area contributed by atoms with E-state index in [2.05, 4.69) is 49.6 Å². The van der Waals surface area contributed by atoms with Crippen LogP contribution in [-0.2, 0) is 83.0 Å². The van der Waals surface area contributed by atoms with Crippen LogP contribution in [0.4, 0.5) is 51.2 Å². The zero-order valence-electron chi connectivity index (χ0n) is 33.5. The first-order valence-electron chi connectivity index (χ1n) is 17.3. The average Bonchev–Trinajstić information content (AvgIpc) is 3.21. The number of carbonyl (C=O) groups is 1. The number of rotatable bonds is 22. The van der Waals surface area contributed by atoms with E-state index in [4.69, 9.17) is 25.5 Å². The Bertz CT molecular complexity index is 3410. The maximum absolute atomic E-state index is 12.9. The maximum atomic E-state index is 12.9. The van der Waals surface area contributed by atoms with Crippen molar-refractivity contribution in [1.82, 2.24) is 0 Å². The van der Waals surface area contributed by atoms with Crippen LogP contribution in [0.25, 0.3) is 0 Å². The highest BCUT2D eigenvalue weighted by Crippen LogP contribution is 2.46. The van der Waals surface area contributed by atoms with Gasteiger partial charge in [-0.2, -0.15) is 33.7 Å². The molecule has 0 saturated heterocycles. The van der Waals surface area contributed by atoms with Crippen LogP contribution >= 0.6 is 12.3 Å². The van der Waals surface area contributed by atoms with Crippen molar-refractivity contribution >= 4 is 130 Å². The lowest BCUT2D eigenvalue weighted by molar-refractivity contribution is -0.434. The summed E-state index contributed by atoms with van der Waals surface area (Å²) in [6, 6.07) is 7.82. The van der Waals surface area contributed by atoms with Crippen molar-refractivity contribution in [2.75, 3.05) is 41.5 Å². The average molecular weight is 1090 g/mol. The Labute approximate surface area is 388 Å². The molecule has 0 heterocycles. The van der Waals surface area contributed by atoms with Crippen LogP contribution in [0.1, 0.15) is 6.92 Å². The first kappa shape index (κ1) is 55.0. The van der Waals surface area contributed by atoms with Gasteiger partial charge in [0, 0.05) is 12.6 Å². The molecule has 68 heavy (non-hydrogen) atoms. The fourth-order valence-electron chi connectivity index (χ4n) is 5.00.